The quantitative estimate of drug-likeness (QED) is 0.443. The lowest BCUT2D eigenvalue weighted by molar-refractivity contribution is 0.161. The van der Waals surface area contributed by atoms with E-state index in [0.717, 1.165) is 12.8 Å². The van der Waals surface area contributed by atoms with Crippen LogP contribution in [0.2, 0.25) is 18.1 Å². The maximum absolute atomic E-state index is 6.44. The van der Waals surface area contributed by atoms with E-state index in [4.69, 9.17) is 4.43 Å². The van der Waals surface area contributed by atoms with Crippen LogP contribution in [0, 0.1) is 0 Å². The lowest BCUT2D eigenvalue weighted by Crippen LogP contribution is -2.43. The van der Waals surface area contributed by atoms with Crippen molar-refractivity contribution in [1.82, 2.24) is 0 Å². The molecule has 0 radical (unpaired) electrons. The first-order chi connectivity index (χ1) is 7.24. The van der Waals surface area contributed by atoms with Gasteiger partial charge in [-0.15, -0.1) is 6.58 Å². The van der Waals surface area contributed by atoms with Crippen LogP contribution in [-0.2, 0) is 4.43 Å². The Hall–Kier alpha value is -0.0831. The van der Waals surface area contributed by atoms with Gasteiger partial charge < -0.3 is 4.43 Å². The highest BCUT2D eigenvalue weighted by Crippen LogP contribution is 2.38. The number of allylic oxidation sites excluding steroid dienone is 1. The standard InChI is InChI=1S/C14H30OSi/c1-8-10-12-13(11-9-2)15-16(6,7)14(3,4)5/h8,13H,1,9-12H2,2-7H3. The fourth-order valence-corrected chi connectivity index (χ4v) is 2.90. The fraction of sp³-hybridized carbons (Fsp3) is 0.857. The molecule has 0 saturated carbocycles. The highest BCUT2D eigenvalue weighted by Gasteiger charge is 2.38. The first kappa shape index (κ1) is 15.9. The molecule has 0 aromatic rings. The molecule has 0 rings (SSSR count). The summed E-state index contributed by atoms with van der Waals surface area (Å²) in [5.74, 6) is 0. The Bertz CT molecular complexity index is 203. The third-order valence-electron chi connectivity index (χ3n) is 3.57. The minimum Gasteiger partial charge on any atom is -0.414 e. The number of rotatable bonds is 7. The second-order valence-electron chi connectivity index (χ2n) is 6.15. The predicted octanol–water partition coefficient (Wildman–Crippen LogP) is 5.14. The van der Waals surface area contributed by atoms with Crippen LogP contribution in [0.5, 0.6) is 0 Å². The second-order valence-corrected chi connectivity index (χ2v) is 10.9. The number of hydrogen-bond donors (Lipinski definition) is 0. The van der Waals surface area contributed by atoms with Gasteiger partial charge in [-0.05, 0) is 37.4 Å². The van der Waals surface area contributed by atoms with E-state index in [1.807, 2.05) is 6.08 Å². The molecule has 0 bridgehead atoms. The Morgan fingerprint density at radius 1 is 1.25 bits per heavy atom. The van der Waals surface area contributed by atoms with E-state index in [2.05, 4.69) is 47.4 Å². The Kier molecular flexibility index (Phi) is 6.57. The zero-order valence-corrected chi connectivity index (χ0v) is 13.1. The summed E-state index contributed by atoms with van der Waals surface area (Å²) in [4.78, 5) is 0. The van der Waals surface area contributed by atoms with Gasteiger partial charge in [0, 0.05) is 6.10 Å². The van der Waals surface area contributed by atoms with Crippen LogP contribution in [0.25, 0.3) is 0 Å². The van der Waals surface area contributed by atoms with Crippen molar-refractivity contribution in [1.29, 1.82) is 0 Å². The number of hydrogen-bond acceptors (Lipinski definition) is 1. The molecule has 0 heterocycles. The summed E-state index contributed by atoms with van der Waals surface area (Å²) in [6.45, 7) is 17.6. The van der Waals surface area contributed by atoms with E-state index in [0.29, 0.717) is 11.1 Å². The highest BCUT2D eigenvalue weighted by molar-refractivity contribution is 6.74. The van der Waals surface area contributed by atoms with E-state index in [1.165, 1.54) is 12.8 Å². The van der Waals surface area contributed by atoms with Crippen LogP contribution in [0.3, 0.4) is 0 Å². The first-order valence-corrected chi connectivity index (χ1v) is 9.44. The van der Waals surface area contributed by atoms with Gasteiger partial charge in [-0.25, -0.2) is 0 Å². The van der Waals surface area contributed by atoms with Crippen LogP contribution in [0.15, 0.2) is 12.7 Å². The minimum atomic E-state index is -1.59. The van der Waals surface area contributed by atoms with Crippen LogP contribution in [0.1, 0.15) is 53.4 Å². The van der Waals surface area contributed by atoms with Crippen molar-refractivity contribution in [2.45, 2.75) is 77.6 Å². The van der Waals surface area contributed by atoms with Crippen LogP contribution in [0.4, 0.5) is 0 Å². The first-order valence-electron chi connectivity index (χ1n) is 6.53. The molecule has 0 aliphatic carbocycles. The van der Waals surface area contributed by atoms with Crippen molar-refractivity contribution in [2.24, 2.45) is 0 Å². The summed E-state index contributed by atoms with van der Waals surface area (Å²) >= 11 is 0. The van der Waals surface area contributed by atoms with Gasteiger partial charge in [0.15, 0.2) is 8.32 Å². The zero-order chi connectivity index (χ0) is 12.8. The van der Waals surface area contributed by atoms with Crippen molar-refractivity contribution in [2.75, 3.05) is 0 Å². The van der Waals surface area contributed by atoms with Gasteiger partial charge in [0.25, 0.3) is 0 Å². The Balaban J connectivity index is 4.42. The molecule has 0 fully saturated rings. The molecule has 2 heteroatoms. The summed E-state index contributed by atoms with van der Waals surface area (Å²) < 4.78 is 6.44. The minimum absolute atomic E-state index is 0.313. The van der Waals surface area contributed by atoms with Gasteiger partial charge in [0.1, 0.15) is 0 Å². The average molecular weight is 242 g/mol. The van der Waals surface area contributed by atoms with Gasteiger partial charge in [-0.2, -0.15) is 0 Å². The van der Waals surface area contributed by atoms with Crippen LogP contribution < -0.4 is 0 Å². The Morgan fingerprint density at radius 2 is 1.81 bits per heavy atom. The maximum Gasteiger partial charge on any atom is 0.192 e. The van der Waals surface area contributed by atoms with Crippen LogP contribution >= 0.6 is 0 Å². The van der Waals surface area contributed by atoms with Crippen molar-refractivity contribution < 1.29 is 4.43 Å². The van der Waals surface area contributed by atoms with Gasteiger partial charge in [-0.1, -0.05) is 40.2 Å². The van der Waals surface area contributed by atoms with Gasteiger partial charge >= 0.3 is 0 Å². The molecular weight excluding hydrogens is 212 g/mol. The molecule has 0 saturated heterocycles. The van der Waals surface area contributed by atoms with Crippen molar-refractivity contribution >= 4 is 8.32 Å². The fourth-order valence-electron chi connectivity index (χ4n) is 1.48. The van der Waals surface area contributed by atoms with Crippen molar-refractivity contribution in [3.05, 3.63) is 12.7 Å². The smallest absolute Gasteiger partial charge is 0.192 e. The molecular formula is C14H30OSi. The molecule has 1 nitrogen and oxygen atoms in total. The molecule has 0 aliphatic heterocycles. The molecule has 0 aliphatic rings. The predicted molar refractivity (Wildman–Crippen MR) is 76.4 cm³/mol. The third-order valence-corrected chi connectivity index (χ3v) is 8.11. The largest absolute Gasteiger partial charge is 0.414 e. The summed E-state index contributed by atoms with van der Waals surface area (Å²) in [7, 11) is -1.59. The topological polar surface area (TPSA) is 9.23 Å². The van der Waals surface area contributed by atoms with E-state index in [9.17, 15) is 0 Å². The molecule has 0 N–H and O–H groups in total. The normalized spacial score (nSPS) is 14.9. The highest BCUT2D eigenvalue weighted by atomic mass is 28.4. The van der Waals surface area contributed by atoms with Gasteiger partial charge in [-0.3, -0.25) is 0 Å². The van der Waals surface area contributed by atoms with E-state index in [1.54, 1.807) is 0 Å². The SMILES string of the molecule is C=CCCC(CCC)O[Si](C)(C)C(C)(C)C. The van der Waals surface area contributed by atoms with Gasteiger partial charge in [0.2, 0.25) is 0 Å². The van der Waals surface area contributed by atoms with Crippen molar-refractivity contribution in [3.8, 4) is 0 Å². The summed E-state index contributed by atoms with van der Waals surface area (Å²) in [6, 6.07) is 0. The third kappa shape index (κ3) is 5.31. The monoisotopic (exact) mass is 242 g/mol. The summed E-state index contributed by atoms with van der Waals surface area (Å²) in [6.07, 6.45) is 7.02. The van der Waals surface area contributed by atoms with Crippen molar-refractivity contribution in [3.63, 3.8) is 0 Å². The summed E-state index contributed by atoms with van der Waals surface area (Å²) in [5.41, 5.74) is 0. The van der Waals surface area contributed by atoms with Crippen LogP contribution in [-0.4, -0.2) is 14.4 Å². The average Bonchev–Trinajstić information content (AvgIpc) is 2.12. The molecule has 0 amide bonds. The second kappa shape index (κ2) is 6.60. The summed E-state index contributed by atoms with van der Waals surface area (Å²) in [5, 5.41) is 0.313. The van der Waals surface area contributed by atoms with E-state index in [-0.39, 0.29) is 0 Å². The van der Waals surface area contributed by atoms with E-state index >= 15 is 0 Å². The maximum atomic E-state index is 6.44. The van der Waals surface area contributed by atoms with E-state index < -0.39 is 8.32 Å². The molecule has 0 aromatic carbocycles. The lowest BCUT2D eigenvalue weighted by Gasteiger charge is -2.39. The molecule has 1 atom stereocenters. The molecule has 0 aromatic heterocycles. The molecule has 0 spiro atoms. The Morgan fingerprint density at radius 3 is 2.19 bits per heavy atom. The molecule has 1 unspecified atom stereocenters. The Labute approximate surface area is 103 Å². The zero-order valence-electron chi connectivity index (χ0n) is 12.1. The van der Waals surface area contributed by atoms with Gasteiger partial charge in [0.05, 0.1) is 0 Å². The molecule has 16 heavy (non-hydrogen) atoms. The lowest BCUT2D eigenvalue weighted by atomic mass is 10.1. The molecule has 96 valence electrons.